The van der Waals surface area contributed by atoms with E-state index in [0.717, 1.165) is 62.6 Å². The fourth-order valence-corrected chi connectivity index (χ4v) is 5.28. The summed E-state index contributed by atoms with van der Waals surface area (Å²) in [5.41, 5.74) is 1.01. The maximum absolute atomic E-state index is 5.74. The largest absolute Gasteiger partial charge is 0.444 e. The van der Waals surface area contributed by atoms with Gasteiger partial charge in [0.25, 0.3) is 0 Å². The van der Waals surface area contributed by atoms with Crippen LogP contribution in [0.5, 0.6) is 0 Å². The van der Waals surface area contributed by atoms with Crippen molar-refractivity contribution in [3.05, 3.63) is 17.3 Å². The second kappa shape index (κ2) is 10.0. The van der Waals surface area contributed by atoms with Crippen molar-refractivity contribution < 1.29 is 4.42 Å². The summed E-state index contributed by atoms with van der Waals surface area (Å²) < 4.78 is 5.74. The molecule has 2 aliphatic rings. The van der Waals surface area contributed by atoms with Gasteiger partial charge in [-0.05, 0) is 51.6 Å². The molecular weight excluding hydrogens is 370 g/mol. The van der Waals surface area contributed by atoms with Crippen molar-refractivity contribution in [3.63, 3.8) is 0 Å². The third kappa shape index (κ3) is 5.66. The molecule has 0 spiro atoms. The third-order valence-electron chi connectivity index (χ3n) is 6.04. The molecular formula is C21H37N5OS. The lowest BCUT2D eigenvalue weighted by molar-refractivity contribution is 0.163. The molecule has 7 heteroatoms. The number of nitrogens with zero attached hydrogens (tertiary/aromatic N) is 4. The molecule has 0 radical (unpaired) electrons. The van der Waals surface area contributed by atoms with Crippen molar-refractivity contribution in [1.29, 1.82) is 0 Å². The highest BCUT2D eigenvalue weighted by Gasteiger charge is 2.26. The number of aromatic nitrogens is 1. The number of likely N-dealkylation sites (tertiary alicyclic amines) is 1. The Kier molecular flexibility index (Phi) is 7.69. The van der Waals surface area contributed by atoms with Crippen molar-refractivity contribution in [1.82, 2.24) is 20.1 Å². The summed E-state index contributed by atoms with van der Waals surface area (Å²) in [7, 11) is 1.91. The van der Waals surface area contributed by atoms with Crippen LogP contribution in [0.15, 0.2) is 9.41 Å². The zero-order chi connectivity index (χ0) is 20.1. The Morgan fingerprint density at radius 2 is 2.04 bits per heavy atom. The molecule has 0 aliphatic carbocycles. The molecule has 0 aromatic carbocycles. The number of oxazole rings is 1. The SMILES string of the molecule is CN=C(NCC1CCN(Cc2nc(C)c(C)o2)CC1)N1CCSC(C(C)C)C1. The fourth-order valence-electron chi connectivity index (χ4n) is 3.99. The predicted molar refractivity (Wildman–Crippen MR) is 118 cm³/mol. The van der Waals surface area contributed by atoms with Crippen LogP contribution in [0, 0.1) is 25.7 Å². The molecule has 0 bridgehead atoms. The molecule has 28 heavy (non-hydrogen) atoms. The van der Waals surface area contributed by atoms with Crippen LogP contribution in [0.4, 0.5) is 0 Å². The topological polar surface area (TPSA) is 56.9 Å². The second-order valence-electron chi connectivity index (χ2n) is 8.50. The fraction of sp³-hybridized carbons (Fsp3) is 0.810. The normalized spacial score (nSPS) is 22.9. The van der Waals surface area contributed by atoms with E-state index < -0.39 is 0 Å². The van der Waals surface area contributed by atoms with Crippen LogP contribution in [-0.2, 0) is 6.54 Å². The quantitative estimate of drug-likeness (QED) is 0.598. The molecule has 158 valence electrons. The zero-order valence-corrected chi connectivity index (χ0v) is 19.0. The highest BCUT2D eigenvalue weighted by atomic mass is 32.2. The van der Waals surface area contributed by atoms with Gasteiger partial charge in [-0.15, -0.1) is 0 Å². The van der Waals surface area contributed by atoms with Crippen LogP contribution < -0.4 is 5.32 Å². The van der Waals surface area contributed by atoms with Crippen molar-refractivity contribution in [3.8, 4) is 0 Å². The minimum atomic E-state index is 0.707. The Balaban J connectivity index is 1.41. The van der Waals surface area contributed by atoms with E-state index >= 15 is 0 Å². The molecule has 3 heterocycles. The van der Waals surface area contributed by atoms with E-state index in [1.54, 1.807) is 0 Å². The Bertz CT molecular complexity index is 632. The van der Waals surface area contributed by atoms with Gasteiger partial charge in [-0.2, -0.15) is 11.8 Å². The highest BCUT2D eigenvalue weighted by Crippen LogP contribution is 2.25. The molecule has 2 fully saturated rings. The van der Waals surface area contributed by atoms with Gasteiger partial charge in [-0.1, -0.05) is 13.8 Å². The monoisotopic (exact) mass is 407 g/mol. The molecule has 0 amide bonds. The number of thioether (sulfide) groups is 1. The van der Waals surface area contributed by atoms with Crippen LogP contribution in [0.1, 0.15) is 44.0 Å². The number of aryl methyl sites for hydroxylation is 2. The molecule has 6 nitrogen and oxygen atoms in total. The summed E-state index contributed by atoms with van der Waals surface area (Å²) in [6, 6.07) is 0. The summed E-state index contributed by atoms with van der Waals surface area (Å²) in [6.07, 6.45) is 2.43. The first-order valence-corrected chi connectivity index (χ1v) is 11.7. The van der Waals surface area contributed by atoms with E-state index in [1.807, 2.05) is 20.9 Å². The van der Waals surface area contributed by atoms with Gasteiger partial charge >= 0.3 is 0 Å². The number of rotatable bonds is 5. The maximum Gasteiger partial charge on any atom is 0.208 e. The standard InChI is InChI=1S/C21H37N5OS/c1-15(2)19-13-26(10-11-28-19)21(22-5)23-12-18-6-8-25(9-7-18)14-20-24-16(3)17(4)27-20/h15,18-19H,6-14H2,1-5H3,(H,22,23). The molecule has 2 saturated heterocycles. The summed E-state index contributed by atoms with van der Waals surface area (Å²) in [5, 5.41) is 4.37. The summed E-state index contributed by atoms with van der Waals surface area (Å²) >= 11 is 2.11. The molecule has 1 atom stereocenters. The van der Waals surface area contributed by atoms with Crippen molar-refractivity contribution in [2.45, 2.75) is 52.3 Å². The molecule has 0 saturated carbocycles. The van der Waals surface area contributed by atoms with Crippen LogP contribution in [0.25, 0.3) is 0 Å². The third-order valence-corrected chi connectivity index (χ3v) is 7.58. The van der Waals surface area contributed by atoms with Gasteiger partial charge in [0.15, 0.2) is 5.96 Å². The van der Waals surface area contributed by atoms with E-state index in [2.05, 4.69) is 50.7 Å². The first kappa shape index (κ1) is 21.5. The summed E-state index contributed by atoms with van der Waals surface area (Å²) in [4.78, 5) is 14.0. The number of nitrogens with one attached hydrogen (secondary N) is 1. The molecule has 1 N–H and O–H groups in total. The lowest BCUT2D eigenvalue weighted by atomic mass is 9.97. The van der Waals surface area contributed by atoms with Gasteiger partial charge in [0.2, 0.25) is 5.89 Å². The van der Waals surface area contributed by atoms with E-state index in [0.29, 0.717) is 17.1 Å². The number of hydrogen-bond donors (Lipinski definition) is 1. The summed E-state index contributed by atoms with van der Waals surface area (Å²) in [6.45, 7) is 14.9. The van der Waals surface area contributed by atoms with Gasteiger partial charge in [0.05, 0.1) is 12.2 Å². The van der Waals surface area contributed by atoms with Gasteiger partial charge in [-0.3, -0.25) is 9.89 Å². The van der Waals surface area contributed by atoms with E-state index in [1.165, 1.54) is 18.6 Å². The van der Waals surface area contributed by atoms with E-state index in [-0.39, 0.29) is 0 Å². The Hall–Kier alpha value is -1.21. The van der Waals surface area contributed by atoms with Gasteiger partial charge < -0.3 is 14.6 Å². The van der Waals surface area contributed by atoms with Gasteiger partial charge in [0, 0.05) is 37.7 Å². The lowest BCUT2D eigenvalue weighted by Gasteiger charge is -2.37. The van der Waals surface area contributed by atoms with Crippen LogP contribution in [0.3, 0.4) is 0 Å². The van der Waals surface area contributed by atoms with E-state index in [4.69, 9.17) is 4.42 Å². The number of hydrogen-bond acceptors (Lipinski definition) is 5. The van der Waals surface area contributed by atoms with E-state index in [9.17, 15) is 0 Å². The molecule has 1 aromatic heterocycles. The molecule has 1 aromatic rings. The molecule has 1 unspecified atom stereocenters. The highest BCUT2D eigenvalue weighted by molar-refractivity contribution is 8.00. The first-order chi connectivity index (χ1) is 13.5. The number of aliphatic imine (C=N–C) groups is 1. The van der Waals surface area contributed by atoms with Gasteiger partial charge in [0.1, 0.15) is 5.76 Å². The number of piperidine rings is 1. The zero-order valence-electron chi connectivity index (χ0n) is 18.2. The Morgan fingerprint density at radius 1 is 1.29 bits per heavy atom. The number of guanidine groups is 1. The average molecular weight is 408 g/mol. The maximum atomic E-state index is 5.74. The predicted octanol–water partition coefficient (Wildman–Crippen LogP) is 3.15. The second-order valence-corrected chi connectivity index (χ2v) is 9.84. The minimum absolute atomic E-state index is 0.707. The van der Waals surface area contributed by atoms with Crippen LogP contribution in [-0.4, -0.2) is 71.5 Å². The summed E-state index contributed by atoms with van der Waals surface area (Å²) in [5.74, 6) is 5.50. The molecule has 2 aliphatic heterocycles. The van der Waals surface area contributed by atoms with Crippen LogP contribution >= 0.6 is 11.8 Å². The van der Waals surface area contributed by atoms with Crippen LogP contribution in [0.2, 0.25) is 0 Å². The van der Waals surface area contributed by atoms with Crippen molar-refractivity contribution in [2.24, 2.45) is 16.8 Å². The Labute approximate surface area is 174 Å². The van der Waals surface area contributed by atoms with Crippen molar-refractivity contribution in [2.75, 3.05) is 45.5 Å². The molecule has 3 rings (SSSR count). The smallest absolute Gasteiger partial charge is 0.208 e. The first-order valence-electron chi connectivity index (χ1n) is 10.7. The average Bonchev–Trinajstić information content (AvgIpc) is 3.01. The minimum Gasteiger partial charge on any atom is -0.444 e. The Morgan fingerprint density at radius 3 is 2.64 bits per heavy atom. The van der Waals surface area contributed by atoms with Gasteiger partial charge in [-0.25, -0.2) is 4.98 Å². The van der Waals surface area contributed by atoms with Crippen molar-refractivity contribution >= 4 is 17.7 Å². The lowest BCUT2D eigenvalue weighted by Crippen LogP contribution is -2.50.